The van der Waals surface area contributed by atoms with E-state index in [0.29, 0.717) is 19.5 Å². The molecule has 1 saturated heterocycles. The third kappa shape index (κ3) is 4.36. The highest BCUT2D eigenvalue weighted by atomic mass is 35.5. The van der Waals surface area contributed by atoms with E-state index in [1.165, 1.54) is 17.5 Å². The topological polar surface area (TPSA) is 61.4 Å². The minimum absolute atomic E-state index is 0. The van der Waals surface area contributed by atoms with Crippen molar-refractivity contribution >= 4 is 18.3 Å². The Hall–Kier alpha value is -1.10. The maximum absolute atomic E-state index is 12.3. The van der Waals surface area contributed by atoms with Gasteiger partial charge in [0, 0.05) is 18.5 Å². The van der Waals surface area contributed by atoms with Crippen LogP contribution in [-0.4, -0.2) is 36.2 Å². The van der Waals surface area contributed by atoms with Gasteiger partial charge in [-0.1, -0.05) is 51.5 Å². The average molecular weight is 367 g/mol. The zero-order chi connectivity index (χ0) is 17.4. The molecule has 1 amide bonds. The number of nitrogens with one attached hydrogen (secondary N) is 2. The lowest BCUT2D eigenvalue weighted by atomic mass is 9.64. The largest absolute Gasteiger partial charge is 0.392 e. The van der Waals surface area contributed by atoms with Crippen molar-refractivity contribution in [1.29, 1.82) is 0 Å². The van der Waals surface area contributed by atoms with Crippen LogP contribution in [0.2, 0.25) is 0 Å². The monoisotopic (exact) mass is 366 g/mol. The summed E-state index contributed by atoms with van der Waals surface area (Å²) >= 11 is 0. The van der Waals surface area contributed by atoms with Crippen molar-refractivity contribution in [3.8, 4) is 0 Å². The number of hydrogen-bond acceptors (Lipinski definition) is 3. The molecule has 5 heteroatoms. The van der Waals surface area contributed by atoms with Crippen molar-refractivity contribution < 1.29 is 9.90 Å². The fourth-order valence-electron chi connectivity index (χ4n) is 3.79. The Morgan fingerprint density at radius 2 is 1.92 bits per heavy atom. The first-order valence-electron chi connectivity index (χ1n) is 9.10. The fraction of sp³-hybridized carbons (Fsp3) is 0.650. The molecule has 0 spiro atoms. The summed E-state index contributed by atoms with van der Waals surface area (Å²) in [5.41, 5.74) is 2.92. The molecule has 0 aromatic heterocycles. The van der Waals surface area contributed by atoms with Gasteiger partial charge >= 0.3 is 0 Å². The van der Waals surface area contributed by atoms with Gasteiger partial charge in [0.1, 0.15) is 0 Å². The molecule has 2 aliphatic rings. The third-order valence-corrected chi connectivity index (χ3v) is 5.70. The lowest BCUT2D eigenvalue weighted by Gasteiger charge is -2.43. The molecule has 140 valence electrons. The van der Waals surface area contributed by atoms with Crippen LogP contribution in [0.15, 0.2) is 24.3 Å². The number of hydrogen-bond donors (Lipinski definition) is 3. The minimum atomic E-state index is -0.400. The summed E-state index contributed by atoms with van der Waals surface area (Å²) in [5, 5.41) is 15.8. The third-order valence-electron chi connectivity index (χ3n) is 5.70. The van der Waals surface area contributed by atoms with E-state index < -0.39 is 6.10 Å². The second-order valence-corrected chi connectivity index (χ2v) is 8.53. The molecular weight excluding hydrogens is 336 g/mol. The van der Waals surface area contributed by atoms with Crippen LogP contribution in [0.3, 0.4) is 0 Å². The van der Waals surface area contributed by atoms with Gasteiger partial charge in [-0.15, -0.1) is 12.4 Å². The fourth-order valence-corrected chi connectivity index (χ4v) is 3.79. The molecule has 1 aliphatic heterocycles. The van der Waals surface area contributed by atoms with E-state index >= 15 is 0 Å². The number of rotatable bonds is 4. The van der Waals surface area contributed by atoms with Crippen LogP contribution in [-0.2, 0) is 15.6 Å². The second-order valence-electron chi connectivity index (χ2n) is 8.53. The zero-order valence-electron chi connectivity index (χ0n) is 15.5. The predicted octanol–water partition coefficient (Wildman–Crippen LogP) is 2.67. The van der Waals surface area contributed by atoms with Crippen LogP contribution in [0.5, 0.6) is 0 Å². The normalized spacial score (nSPS) is 25.0. The van der Waals surface area contributed by atoms with Gasteiger partial charge in [0.2, 0.25) is 5.91 Å². The highest BCUT2D eigenvalue weighted by Gasteiger charge is 2.39. The minimum Gasteiger partial charge on any atom is -0.392 e. The van der Waals surface area contributed by atoms with Gasteiger partial charge in [0.25, 0.3) is 0 Å². The molecule has 4 nitrogen and oxygen atoms in total. The van der Waals surface area contributed by atoms with Crippen molar-refractivity contribution in [3.63, 3.8) is 0 Å². The molecule has 3 rings (SSSR count). The smallest absolute Gasteiger partial charge is 0.237 e. The molecule has 2 unspecified atom stereocenters. The quantitative estimate of drug-likeness (QED) is 0.767. The number of β-amino-alcohol motifs (C(OH)–C–C–N with tert-alkyl or cyclic N) is 1. The van der Waals surface area contributed by atoms with Crippen LogP contribution < -0.4 is 10.6 Å². The number of aliphatic hydroxyl groups is 1. The second kappa shape index (κ2) is 7.65. The summed E-state index contributed by atoms with van der Waals surface area (Å²) in [6.45, 7) is 7.88. The Morgan fingerprint density at radius 1 is 1.28 bits per heavy atom. The zero-order valence-corrected chi connectivity index (χ0v) is 16.3. The lowest BCUT2D eigenvalue weighted by Crippen LogP contribution is -2.49. The summed E-state index contributed by atoms with van der Waals surface area (Å²) in [5.74, 6) is 0.0177. The van der Waals surface area contributed by atoms with Gasteiger partial charge in [-0.3, -0.25) is 4.79 Å². The van der Waals surface area contributed by atoms with Crippen LogP contribution in [0, 0.1) is 0 Å². The molecule has 25 heavy (non-hydrogen) atoms. The Labute approximate surface area is 157 Å². The van der Waals surface area contributed by atoms with Crippen molar-refractivity contribution in [2.24, 2.45) is 0 Å². The molecule has 1 aromatic rings. The van der Waals surface area contributed by atoms with Gasteiger partial charge in [-0.25, -0.2) is 0 Å². The van der Waals surface area contributed by atoms with Crippen LogP contribution in [0.25, 0.3) is 0 Å². The van der Waals surface area contributed by atoms with E-state index in [-0.39, 0.29) is 35.2 Å². The molecule has 3 N–H and O–H groups in total. The molecule has 2 atom stereocenters. The first kappa shape index (κ1) is 20.2. The van der Waals surface area contributed by atoms with Gasteiger partial charge in [0.15, 0.2) is 0 Å². The number of carbonyl (C=O) groups excluding carboxylic acids is 1. The number of carbonyl (C=O) groups is 1. The molecular formula is C20H31ClN2O2. The maximum atomic E-state index is 12.3. The molecule has 1 aromatic carbocycles. The SMILES string of the molecule is CC(C)(C)c1ccc(C2(CNC(=O)C3CC(O)CN3)CCC2)cc1.Cl. The summed E-state index contributed by atoms with van der Waals surface area (Å²) in [6.07, 6.45) is 3.59. The highest BCUT2D eigenvalue weighted by molar-refractivity contribution is 5.85. The Balaban J connectivity index is 0.00000225. The number of aliphatic hydroxyl groups excluding tert-OH is 1. The maximum Gasteiger partial charge on any atom is 0.237 e. The van der Waals surface area contributed by atoms with Crippen LogP contribution in [0.4, 0.5) is 0 Å². The summed E-state index contributed by atoms with van der Waals surface area (Å²) < 4.78 is 0. The van der Waals surface area contributed by atoms with Gasteiger partial charge in [-0.2, -0.15) is 0 Å². The molecule has 1 heterocycles. The van der Waals surface area contributed by atoms with Gasteiger partial charge in [0.05, 0.1) is 12.1 Å². The number of halogens is 1. The lowest BCUT2D eigenvalue weighted by molar-refractivity contribution is -0.123. The number of amides is 1. The summed E-state index contributed by atoms with van der Waals surface area (Å²) in [7, 11) is 0. The first-order valence-corrected chi connectivity index (χ1v) is 9.10. The Bertz CT molecular complexity index is 591. The van der Waals surface area contributed by atoms with Crippen molar-refractivity contribution in [1.82, 2.24) is 10.6 Å². The van der Waals surface area contributed by atoms with Crippen molar-refractivity contribution in [3.05, 3.63) is 35.4 Å². The first-order chi connectivity index (χ1) is 11.3. The molecule has 0 radical (unpaired) electrons. The standard InChI is InChI=1S/C20H30N2O2.ClH/c1-19(2,3)14-5-7-15(8-6-14)20(9-4-10-20)13-22-18(24)17-11-16(23)12-21-17;/h5-8,16-17,21,23H,4,9-13H2,1-3H3,(H,22,24);1H. The van der Waals surface area contributed by atoms with E-state index in [1.54, 1.807) is 0 Å². The Kier molecular flexibility index (Phi) is 6.18. The number of benzene rings is 1. The summed E-state index contributed by atoms with van der Waals surface area (Å²) in [4.78, 5) is 12.3. The van der Waals surface area contributed by atoms with Gasteiger partial charge in [-0.05, 0) is 35.8 Å². The van der Waals surface area contributed by atoms with Crippen LogP contribution in [0.1, 0.15) is 57.6 Å². The van der Waals surface area contributed by atoms with Crippen LogP contribution >= 0.6 is 12.4 Å². The van der Waals surface area contributed by atoms with Crippen molar-refractivity contribution in [2.75, 3.05) is 13.1 Å². The molecule has 1 aliphatic carbocycles. The molecule has 0 bridgehead atoms. The van der Waals surface area contributed by atoms with Gasteiger partial charge < -0.3 is 15.7 Å². The van der Waals surface area contributed by atoms with E-state index in [0.717, 1.165) is 12.8 Å². The highest BCUT2D eigenvalue weighted by Crippen LogP contribution is 2.43. The van der Waals surface area contributed by atoms with E-state index in [1.807, 2.05) is 0 Å². The van der Waals surface area contributed by atoms with E-state index in [9.17, 15) is 9.90 Å². The average Bonchev–Trinajstić information content (AvgIpc) is 2.92. The Morgan fingerprint density at radius 3 is 2.36 bits per heavy atom. The van der Waals surface area contributed by atoms with E-state index in [4.69, 9.17) is 0 Å². The van der Waals surface area contributed by atoms with Crippen molar-refractivity contribution in [2.45, 2.75) is 69.4 Å². The molecule has 1 saturated carbocycles. The predicted molar refractivity (Wildman–Crippen MR) is 103 cm³/mol. The molecule has 2 fully saturated rings. The van der Waals surface area contributed by atoms with E-state index in [2.05, 4.69) is 55.7 Å². The summed E-state index contributed by atoms with van der Waals surface area (Å²) in [6, 6.07) is 8.69.